The maximum Gasteiger partial charge on any atom is 0.410 e. The van der Waals surface area contributed by atoms with Crippen LogP contribution < -0.4 is 0 Å². The van der Waals surface area contributed by atoms with Crippen LogP contribution in [0.15, 0.2) is 36.5 Å². The number of hydrogen-bond acceptors (Lipinski definition) is 6. The normalized spacial score (nSPS) is 14.5. The maximum absolute atomic E-state index is 11.8. The van der Waals surface area contributed by atoms with Gasteiger partial charge < -0.3 is 19.8 Å². The third kappa shape index (κ3) is 2.87. The summed E-state index contributed by atoms with van der Waals surface area (Å²) in [6.07, 6.45) is 0.679. The Bertz CT molecular complexity index is 681. The van der Waals surface area contributed by atoms with E-state index in [9.17, 15) is 14.9 Å². The van der Waals surface area contributed by atoms with Gasteiger partial charge in [0.15, 0.2) is 6.20 Å². The number of aromatic nitrogens is 3. The van der Waals surface area contributed by atoms with Crippen LogP contribution in [0.2, 0.25) is 0 Å². The molecule has 1 aliphatic rings. The van der Waals surface area contributed by atoms with Crippen LogP contribution in [-0.4, -0.2) is 44.0 Å². The fourth-order valence-corrected chi connectivity index (χ4v) is 2.09. The van der Waals surface area contributed by atoms with Crippen LogP contribution >= 0.6 is 0 Å². The first-order valence-electron chi connectivity index (χ1n) is 6.65. The van der Waals surface area contributed by atoms with Gasteiger partial charge in [0.05, 0.1) is 18.2 Å². The molecule has 0 unspecified atom stereocenters. The van der Waals surface area contributed by atoms with E-state index in [2.05, 4.69) is 10.2 Å². The standard InChI is InChI=1S/C13H13N5O4/c19-13(22-9-10-4-2-1-3-5-10)16-7-11(8-16)17-14-6-12(15-17)18(20)21/h1-6,11H,7-9H2. The Morgan fingerprint density at radius 2 is 2.09 bits per heavy atom. The van der Waals surface area contributed by atoms with Crippen molar-refractivity contribution in [2.75, 3.05) is 13.1 Å². The van der Waals surface area contributed by atoms with Crippen LogP contribution in [0, 0.1) is 10.1 Å². The molecule has 1 aliphatic heterocycles. The van der Waals surface area contributed by atoms with Crippen molar-refractivity contribution >= 4 is 11.9 Å². The highest BCUT2D eigenvalue weighted by Crippen LogP contribution is 2.21. The fraction of sp³-hybridized carbons (Fsp3) is 0.308. The van der Waals surface area contributed by atoms with Crippen molar-refractivity contribution in [3.8, 4) is 0 Å². The lowest BCUT2D eigenvalue weighted by molar-refractivity contribution is -0.389. The average Bonchev–Trinajstić information content (AvgIpc) is 2.94. The van der Waals surface area contributed by atoms with Gasteiger partial charge in [0.25, 0.3) is 0 Å². The molecule has 1 saturated heterocycles. The Balaban J connectivity index is 1.48. The van der Waals surface area contributed by atoms with Gasteiger partial charge in [-0.1, -0.05) is 35.1 Å². The number of rotatable bonds is 4. The van der Waals surface area contributed by atoms with E-state index in [4.69, 9.17) is 4.74 Å². The van der Waals surface area contributed by atoms with Crippen molar-refractivity contribution in [3.05, 3.63) is 52.2 Å². The van der Waals surface area contributed by atoms with E-state index < -0.39 is 11.0 Å². The first-order valence-corrected chi connectivity index (χ1v) is 6.65. The summed E-state index contributed by atoms with van der Waals surface area (Å²) < 4.78 is 5.19. The maximum atomic E-state index is 11.8. The molecule has 1 fully saturated rings. The van der Waals surface area contributed by atoms with Crippen molar-refractivity contribution in [1.29, 1.82) is 0 Å². The highest BCUT2D eigenvalue weighted by molar-refractivity contribution is 5.68. The molecule has 0 N–H and O–H groups in total. The molecule has 0 radical (unpaired) electrons. The van der Waals surface area contributed by atoms with Gasteiger partial charge in [-0.25, -0.2) is 4.79 Å². The number of nitrogens with zero attached hydrogens (tertiary/aromatic N) is 5. The van der Waals surface area contributed by atoms with Crippen molar-refractivity contribution in [2.24, 2.45) is 0 Å². The summed E-state index contributed by atoms with van der Waals surface area (Å²) in [5.74, 6) is -0.301. The number of hydrogen-bond donors (Lipinski definition) is 0. The van der Waals surface area contributed by atoms with Crippen LogP contribution in [0.3, 0.4) is 0 Å². The molecule has 2 aromatic rings. The summed E-state index contributed by atoms with van der Waals surface area (Å²) in [5.41, 5.74) is 0.914. The third-order valence-corrected chi connectivity index (χ3v) is 3.34. The summed E-state index contributed by atoms with van der Waals surface area (Å²) in [5, 5.41) is 18.1. The number of ether oxygens (including phenoxy) is 1. The molecule has 1 aromatic carbocycles. The molecular formula is C13H13N5O4. The Hall–Kier alpha value is -2.97. The lowest BCUT2D eigenvalue weighted by Gasteiger charge is -2.35. The fourth-order valence-electron chi connectivity index (χ4n) is 2.09. The monoisotopic (exact) mass is 303 g/mol. The van der Waals surface area contributed by atoms with Crippen molar-refractivity contribution in [3.63, 3.8) is 0 Å². The quantitative estimate of drug-likeness (QED) is 0.624. The van der Waals surface area contributed by atoms with Gasteiger partial charge in [0, 0.05) is 0 Å². The Morgan fingerprint density at radius 1 is 1.36 bits per heavy atom. The molecule has 22 heavy (non-hydrogen) atoms. The van der Waals surface area contributed by atoms with E-state index in [-0.39, 0.29) is 18.5 Å². The van der Waals surface area contributed by atoms with E-state index in [1.54, 1.807) is 0 Å². The molecule has 0 atom stereocenters. The number of nitro groups is 1. The highest BCUT2D eigenvalue weighted by Gasteiger charge is 2.36. The van der Waals surface area contributed by atoms with Crippen LogP contribution in [-0.2, 0) is 11.3 Å². The zero-order valence-electron chi connectivity index (χ0n) is 11.5. The second-order valence-electron chi connectivity index (χ2n) is 4.88. The SMILES string of the molecule is O=C(OCc1ccccc1)N1CC(n2ncc([N+](=O)[O-])n2)C1. The molecule has 3 rings (SSSR count). The van der Waals surface area contributed by atoms with Crippen LogP contribution in [0.5, 0.6) is 0 Å². The van der Waals surface area contributed by atoms with Gasteiger partial charge in [-0.15, -0.1) is 5.10 Å². The van der Waals surface area contributed by atoms with E-state index in [1.807, 2.05) is 30.3 Å². The predicted octanol–water partition coefficient (Wildman–Crippen LogP) is 1.38. The molecule has 9 nitrogen and oxygen atoms in total. The Kier molecular flexibility index (Phi) is 3.69. The lowest BCUT2D eigenvalue weighted by Crippen LogP contribution is -2.51. The lowest BCUT2D eigenvalue weighted by atomic mass is 10.1. The minimum Gasteiger partial charge on any atom is -0.445 e. The van der Waals surface area contributed by atoms with Gasteiger partial charge in [-0.2, -0.15) is 0 Å². The molecule has 1 amide bonds. The first-order chi connectivity index (χ1) is 10.6. The van der Waals surface area contributed by atoms with Crippen LogP contribution in [0.4, 0.5) is 10.6 Å². The first kappa shape index (κ1) is 14.0. The molecule has 9 heteroatoms. The number of likely N-dealkylation sites (tertiary alicyclic amines) is 1. The number of carbonyl (C=O) groups excluding carboxylic acids is 1. The number of carbonyl (C=O) groups is 1. The van der Waals surface area contributed by atoms with E-state index in [0.717, 1.165) is 11.8 Å². The second kappa shape index (κ2) is 5.80. The highest BCUT2D eigenvalue weighted by atomic mass is 16.6. The smallest absolute Gasteiger partial charge is 0.410 e. The van der Waals surface area contributed by atoms with Gasteiger partial charge in [0.2, 0.25) is 0 Å². The van der Waals surface area contributed by atoms with Crippen LogP contribution in [0.25, 0.3) is 0 Å². The molecular weight excluding hydrogens is 290 g/mol. The van der Waals surface area contributed by atoms with Gasteiger partial charge in [-0.3, -0.25) is 0 Å². The largest absolute Gasteiger partial charge is 0.445 e. The van der Waals surface area contributed by atoms with Crippen molar-refractivity contribution < 1.29 is 14.5 Å². The van der Waals surface area contributed by atoms with E-state index in [1.165, 1.54) is 9.70 Å². The molecule has 114 valence electrons. The van der Waals surface area contributed by atoms with Crippen LogP contribution in [0.1, 0.15) is 11.6 Å². The summed E-state index contributed by atoms with van der Waals surface area (Å²) in [6, 6.07) is 9.23. The van der Waals surface area contributed by atoms with Gasteiger partial charge in [0.1, 0.15) is 12.6 Å². The molecule has 1 aromatic heterocycles. The topological polar surface area (TPSA) is 103 Å². The minimum atomic E-state index is -0.603. The zero-order chi connectivity index (χ0) is 15.5. The molecule has 0 aliphatic carbocycles. The predicted molar refractivity (Wildman–Crippen MR) is 73.9 cm³/mol. The van der Waals surface area contributed by atoms with E-state index >= 15 is 0 Å². The van der Waals surface area contributed by atoms with Crippen molar-refractivity contribution in [1.82, 2.24) is 19.9 Å². The minimum absolute atomic E-state index is 0.155. The summed E-state index contributed by atoms with van der Waals surface area (Å²) in [7, 11) is 0. The number of amides is 1. The molecule has 0 bridgehead atoms. The molecule has 2 heterocycles. The third-order valence-electron chi connectivity index (χ3n) is 3.34. The summed E-state index contributed by atoms with van der Waals surface area (Å²) in [6.45, 7) is 0.964. The zero-order valence-corrected chi connectivity index (χ0v) is 11.5. The van der Waals surface area contributed by atoms with Gasteiger partial charge >= 0.3 is 11.9 Å². The Labute approximate surface area is 125 Å². The summed E-state index contributed by atoms with van der Waals surface area (Å²) in [4.78, 5) is 24.5. The second-order valence-corrected chi connectivity index (χ2v) is 4.88. The summed E-state index contributed by atoms with van der Waals surface area (Å²) >= 11 is 0. The van der Waals surface area contributed by atoms with E-state index in [0.29, 0.717) is 13.1 Å². The number of benzene rings is 1. The van der Waals surface area contributed by atoms with Gasteiger partial charge in [-0.05, 0) is 10.5 Å². The average molecular weight is 303 g/mol. The van der Waals surface area contributed by atoms with Crippen molar-refractivity contribution in [2.45, 2.75) is 12.6 Å². The molecule has 0 spiro atoms. The Morgan fingerprint density at radius 3 is 2.73 bits per heavy atom. The molecule has 0 saturated carbocycles.